The van der Waals surface area contributed by atoms with Crippen molar-refractivity contribution in [1.82, 2.24) is 47.2 Å². The van der Waals surface area contributed by atoms with E-state index in [0.29, 0.717) is 18.5 Å². The van der Waals surface area contributed by atoms with E-state index in [-0.39, 0.29) is 37.7 Å². The second-order valence-electron chi connectivity index (χ2n) is 14.7. The molecule has 0 bridgehead atoms. The molecule has 0 saturated heterocycles. The number of aromatic nitrogens is 2. The van der Waals surface area contributed by atoms with Crippen molar-refractivity contribution in [2.45, 2.75) is 122 Å². The zero-order valence-electron chi connectivity index (χ0n) is 35.6. The normalized spacial score (nSPS) is 15.3. The van der Waals surface area contributed by atoms with Gasteiger partial charge in [-0.3, -0.25) is 48.1 Å². The van der Waals surface area contributed by atoms with Crippen molar-refractivity contribution in [1.29, 1.82) is 0 Å². The number of carboxylic acids is 2. The van der Waals surface area contributed by atoms with Gasteiger partial charge in [-0.1, -0.05) is 40.5 Å². The van der Waals surface area contributed by atoms with Gasteiger partial charge in [-0.25, -0.2) is 4.98 Å². The number of carbonyl (C=O) groups is 9. The van der Waals surface area contributed by atoms with Gasteiger partial charge < -0.3 is 74.7 Å². The first-order chi connectivity index (χ1) is 29.1. The SMILES string of the molecule is CC[C@H](C)[C@H](N)C(=O)N[C@@H](CCCN=C(N)N)C(=O)N[C@@H](Cc1cnc[nH]1)C(=O)N[C@@H](CCC(=O)O)C(=O)NCC(=O)N[C@H](C(=O)N[C@H](C(=O)NCC(=O)O)[C@@H](C)O)[C@@H](C)CC. The number of hydrogen-bond acceptors (Lipinski definition) is 13. The number of aromatic amines is 1. The van der Waals surface area contributed by atoms with Crippen LogP contribution in [0.5, 0.6) is 0 Å². The van der Waals surface area contributed by atoms with Crippen LogP contribution in [-0.2, 0) is 49.6 Å². The maximum atomic E-state index is 13.9. The summed E-state index contributed by atoms with van der Waals surface area (Å²) in [5.41, 5.74) is 17.3. The first kappa shape index (κ1) is 53.6. The van der Waals surface area contributed by atoms with Crippen molar-refractivity contribution < 1.29 is 58.5 Å². The van der Waals surface area contributed by atoms with Gasteiger partial charge in [0.25, 0.3) is 0 Å². The highest BCUT2D eigenvalue weighted by Gasteiger charge is 2.34. The van der Waals surface area contributed by atoms with Gasteiger partial charge >= 0.3 is 11.9 Å². The zero-order valence-corrected chi connectivity index (χ0v) is 35.6. The number of rotatable bonds is 29. The summed E-state index contributed by atoms with van der Waals surface area (Å²) >= 11 is 0. The fraction of sp³-hybridized carbons (Fsp3) is 0.649. The van der Waals surface area contributed by atoms with E-state index in [1.807, 2.05) is 6.92 Å². The predicted molar refractivity (Wildman–Crippen MR) is 221 cm³/mol. The van der Waals surface area contributed by atoms with Crippen LogP contribution in [0.3, 0.4) is 0 Å². The molecule has 0 fully saturated rings. The minimum Gasteiger partial charge on any atom is -0.481 e. The van der Waals surface area contributed by atoms with Crippen molar-refractivity contribution in [3.05, 3.63) is 18.2 Å². The van der Waals surface area contributed by atoms with Gasteiger partial charge in [-0.2, -0.15) is 0 Å². The van der Waals surface area contributed by atoms with Crippen LogP contribution in [-0.4, -0.2) is 147 Å². The number of aliphatic carboxylic acids is 2. The average molecular weight is 882 g/mol. The molecule has 1 heterocycles. The van der Waals surface area contributed by atoms with Gasteiger partial charge in [-0.15, -0.1) is 0 Å². The summed E-state index contributed by atoms with van der Waals surface area (Å²) in [5, 5.41) is 45.1. The summed E-state index contributed by atoms with van der Waals surface area (Å²) in [6.07, 6.45) is 1.13. The second kappa shape index (κ2) is 27.5. The van der Waals surface area contributed by atoms with Crippen LogP contribution in [0.25, 0.3) is 0 Å². The third-order valence-corrected chi connectivity index (χ3v) is 9.74. The number of amides is 7. The third-order valence-electron chi connectivity index (χ3n) is 9.74. The number of hydrogen-bond donors (Lipinski definition) is 14. The predicted octanol–water partition coefficient (Wildman–Crippen LogP) is -4.59. The summed E-state index contributed by atoms with van der Waals surface area (Å²) < 4.78 is 0. The number of nitrogens with two attached hydrogens (primary N) is 3. The van der Waals surface area contributed by atoms with E-state index in [4.69, 9.17) is 22.3 Å². The lowest BCUT2D eigenvalue weighted by Gasteiger charge is -2.27. The number of guanidine groups is 1. The molecular weight excluding hydrogens is 818 g/mol. The van der Waals surface area contributed by atoms with Gasteiger partial charge in [0.15, 0.2) is 5.96 Å². The first-order valence-corrected chi connectivity index (χ1v) is 20.1. The quantitative estimate of drug-likeness (QED) is 0.0205. The monoisotopic (exact) mass is 881 g/mol. The summed E-state index contributed by atoms with van der Waals surface area (Å²) in [6.45, 7) is 6.66. The number of aliphatic hydroxyl groups is 1. The third kappa shape index (κ3) is 19.8. The van der Waals surface area contributed by atoms with Crippen molar-refractivity contribution in [3.63, 3.8) is 0 Å². The van der Waals surface area contributed by atoms with Crippen LogP contribution in [0.2, 0.25) is 0 Å². The molecule has 1 aromatic heterocycles. The Kier molecular flexibility index (Phi) is 23.8. The summed E-state index contributed by atoms with van der Waals surface area (Å²) in [7, 11) is 0. The first-order valence-electron chi connectivity index (χ1n) is 20.1. The molecule has 7 amide bonds. The van der Waals surface area contributed by atoms with Crippen molar-refractivity contribution in [2.24, 2.45) is 34.0 Å². The standard InChI is InChI=1S/C37H63N13O12/c1-6-18(3)28(38)34(60)47-22(9-8-12-42-37(39)40)32(58)48-24(13-21-14-41-17-45-21)33(59)46-23(10-11-26(53)54)31(57)43-15-25(52)49-29(19(4)7-2)36(62)50-30(20(5)51)35(61)44-16-27(55)56/h14,17-20,22-24,28-30,51H,6-13,15-16,38H2,1-5H3,(H,41,45)(H,43,57)(H,44,61)(H,46,59)(H,47,60)(H,48,58)(H,49,52)(H,50,62)(H,53,54)(H,55,56)(H4,39,40,42)/t18-,19-,20+,22-,23-,24-,28-,29-,30-/m0/s1. The van der Waals surface area contributed by atoms with Crippen LogP contribution in [0.1, 0.15) is 78.8 Å². The van der Waals surface area contributed by atoms with Gasteiger partial charge in [0.2, 0.25) is 41.4 Å². The molecule has 0 unspecified atom stereocenters. The Bertz CT molecular complexity index is 1700. The Morgan fingerprint density at radius 2 is 1.29 bits per heavy atom. The topological polar surface area (TPSA) is 418 Å². The summed E-state index contributed by atoms with van der Waals surface area (Å²) in [4.78, 5) is 126. The number of nitrogens with one attached hydrogen (secondary N) is 8. The number of aliphatic imine (C=N–C) groups is 1. The van der Waals surface area contributed by atoms with Gasteiger partial charge in [-0.05, 0) is 38.0 Å². The smallest absolute Gasteiger partial charge is 0.322 e. The number of carboxylic acid groups (broad SMARTS) is 2. The minimum atomic E-state index is -1.58. The second-order valence-corrected chi connectivity index (χ2v) is 14.7. The van der Waals surface area contributed by atoms with E-state index < -0.39 is 127 Å². The molecule has 62 heavy (non-hydrogen) atoms. The van der Waals surface area contributed by atoms with Crippen molar-refractivity contribution in [3.8, 4) is 0 Å². The fourth-order valence-electron chi connectivity index (χ4n) is 5.60. The molecule has 0 aliphatic carbocycles. The highest BCUT2D eigenvalue weighted by molar-refractivity contribution is 5.97. The molecule has 0 saturated carbocycles. The minimum absolute atomic E-state index is 0.0223. The number of imidazole rings is 1. The fourth-order valence-corrected chi connectivity index (χ4v) is 5.60. The number of aliphatic hydroxyl groups excluding tert-OH is 1. The van der Waals surface area contributed by atoms with Crippen molar-refractivity contribution >= 4 is 59.2 Å². The average Bonchev–Trinajstić information content (AvgIpc) is 3.74. The summed E-state index contributed by atoms with van der Waals surface area (Å²) in [5.74, 6) is -9.83. The molecule has 0 spiro atoms. The lowest BCUT2D eigenvalue weighted by molar-refractivity contribution is -0.139. The molecular formula is C37H63N13O12. The maximum Gasteiger partial charge on any atom is 0.322 e. The largest absolute Gasteiger partial charge is 0.481 e. The van der Waals surface area contributed by atoms with Crippen LogP contribution < -0.4 is 54.4 Å². The molecule has 1 rings (SSSR count). The van der Waals surface area contributed by atoms with Gasteiger partial charge in [0.1, 0.15) is 36.8 Å². The van der Waals surface area contributed by atoms with E-state index in [1.165, 1.54) is 19.4 Å². The molecule has 348 valence electrons. The van der Waals surface area contributed by atoms with Crippen molar-refractivity contribution in [2.75, 3.05) is 19.6 Å². The van der Waals surface area contributed by atoms with Crippen LogP contribution in [0, 0.1) is 11.8 Å². The molecule has 25 heteroatoms. The number of carbonyl (C=O) groups excluding carboxylic acids is 7. The van der Waals surface area contributed by atoms with Gasteiger partial charge in [0, 0.05) is 31.3 Å². The van der Waals surface area contributed by atoms with E-state index in [2.05, 4.69) is 52.2 Å². The molecule has 25 nitrogen and oxygen atoms in total. The Labute approximate surface area is 358 Å². The van der Waals surface area contributed by atoms with E-state index >= 15 is 0 Å². The molecule has 0 radical (unpaired) electrons. The van der Waals surface area contributed by atoms with E-state index in [9.17, 15) is 53.4 Å². The molecule has 0 aliphatic heterocycles. The molecule has 9 atom stereocenters. The van der Waals surface area contributed by atoms with Crippen LogP contribution >= 0.6 is 0 Å². The number of H-pyrrole nitrogens is 1. The Hall–Kier alpha value is -6.37. The summed E-state index contributed by atoms with van der Waals surface area (Å²) in [6, 6.07) is -8.07. The van der Waals surface area contributed by atoms with Gasteiger partial charge in [0.05, 0.1) is 25.0 Å². The molecule has 17 N–H and O–H groups in total. The highest BCUT2D eigenvalue weighted by atomic mass is 16.4. The van der Waals surface area contributed by atoms with Crippen LogP contribution in [0.4, 0.5) is 0 Å². The van der Waals surface area contributed by atoms with Crippen LogP contribution in [0.15, 0.2) is 17.5 Å². The lowest BCUT2D eigenvalue weighted by Crippen LogP contribution is -2.60. The lowest BCUT2D eigenvalue weighted by atomic mass is 9.97. The highest BCUT2D eigenvalue weighted by Crippen LogP contribution is 2.11. The Morgan fingerprint density at radius 3 is 1.84 bits per heavy atom. The van der Waals surface area contributed by atoms with E-state index in [1.54, 1.807) is 20.8 Å². The maximum absolute atomic E-state index is 13.9. The Balaban J connectivity index is 3.27. The van der Waals surface area contributed by atoms with E-state index in [0.717, 1.165) is 0 Å². The zero-order chi connectivity index (χ0) is 47.1. The number of nitrogens with zero attached hydrogens (tertiary/aromatic N) is 2. The molecule has 0 aliphatic rings. The molecule has 0 aromatic carbocycles. The molecule has 1 aromatic rings. The Morgan fingerprint density at radius 1 is 0.710 bits per heavy atom.